The quantitative estimate of drug-likeness (QED) is 0.384. The SMILES string of the molecule is CCCCOc1ccc2cc3c(cc2c1)Nc1c(cc(C(=O)O)cc1C(=O)O)O3. The highest BCUT2D eigenvalue weighted by Crippen LogP contribution is 2.46. The molecule has 1 aliphatic heterocycles. The van der Waals surface area contributed by atoms with Crippen LogP contribution in [0.25, 0.3) is 10.8 Å². The third-order valence-electron chi connectivity index (χ3n) is 4.74. The standard InChI is InChI=1S/C22H19NO6/c1-2-3-6-28-15-5-4-12-10-18-17(9-13(12)7-15)23-20-16(22(26)27)8-14(21(24)25)11-19(20)29-18/h4-5,7-11,23H,2-3,6H2,1H3,(H,24,25)(H,26,27). The average molecular weight is 393 g/mol. The maximum absolute atomic E-state index is 11.6. The van der Waals surface area contributed by atoms with Crippen LogP contribution in [0.1, 0.15) is 40.5 Å². The summed E-state index contributed by atoms with van der Waals surface area (Å²) >= 11 is 0. The molecule has 0 saturated heterocycles. The van der Waals surface area contributed by atoms with Crippen LogP contribution >= 0.6 is 0 Å². The van der Waals surface area contributed by atoms with Gasteiger partial charge in [-0.25, -0.2) is 9.59 Å². The van der Waals surface area contributed by atoms with Gasteiger partial charge < -0.3 is 25.0 Å². The number of carboxylic acids is 2. The van der Waals surface area contributed by atoms with Crippen LogP contribution in [0.2, 0.25) is 0 Å². The fraction of sp³-hybridized carbons (Fsp3) is 0.182. The van der Waals surface area contributed by atoms with Crippen molar-refractivity contribution in [2.75, 3.05) is 11.9 Å². The average Bonchev–Trinajstić information content (AvgIpc) is 2.69. The van der Waals surface area contributed by atoms with Gasteiger partial charge in [-0.3, -0.25) is 0 Å². The van der Waals surface area contributed by atoms with Crippen molar-refractivity contribution in [3.63, 3.8) is 0 Å². The Bertz CT molecular complexity index is 1140. The zero-order valence-corrected chi connectivity index (χ0v) is 15.7. The molecular formula is C22H19NO6. The van der Waals surface area contributed by atoms with Gasteiger partial charge in [0.15, 0.2) is 11.5 Å². The van der Waals surface area contributed by atoms with Gasteiger partial charge in [-0.2, -0.15) is 0 Å². The highest BCUT2D eigenvalue weighted by Gasteiger charge is 2.25. The number of aromatic carboxylic acids is 2. The molecule has 0 fully saturated rings. The normalized spacial score (nSPS) is 11.8. The van der Waals surface area contributed by atoms with Crippen molar-refractivity contribution >= 4 is 34.1 Å². The third kappa shape index (κ3) is 3.54. The van der Waals surface area contributed by atoms with Crippen molar-refractivity contribution in [3.05, 3.63) is 53.6 Å². The van der Waals surface area contributed by atoms with Gasteiger partial charge in [-0.15, -0.1) is 0 Å². The van der Waals surface area contributed by atoms with Gasteiger partial charge in [0.05, 0.1) is 29.1 Å². The lowest BCUT2D eigenvalue weighted by molar-refractivity contribution is 0.0696. The van der Waals surface area contributed by atoms with Crippen LogP contribution in [0.5, 0.6) is 17.2 Å². The van der Waals surface area contributed by atoms with E-state index in [-0.39, 0.29) is 22.6 Å². The van der Waals surface area contributed by atoms with Gasteiger partial charge >= 0.3 is 11.9 Å². The van der Waals surface area contributed by atoms with Gasteiger partial charge in [-0.1, -0.05) is 19.4 Å². The van der Waals surface area contributed by atoms with E-state index in [1.54, 1.807) is 0 Å². The summed E-state index contributed by atoms with van der Waals surface area (Å²) in [6.07, 6.45) is 2.03. The second kappa shape index (κ2) is 7.35. The number of rotatable bonds is 6. The zero-order chi connectivity index (χ0) is 20.5. The van der Waals surface area contributed by atoms with Crippen molar-refractivity contribution in [2.24, 2.45) is 0 Å². The molecule has 3 N–H and O–H groups in total. The number of fused-ring (bicyclic) bond motifs is 3. The minimum Gasteiger partial charge on any atom is -0.494 e. The molecule has 0 bridgehead atoms. The predicted molar refractivity (Wildman–Crippen MR) is 108 cm³/mol. The summed E-state index contributed by atoms with van der Waals surface area (Å²) in [4.78, 5) is 23.0. The van der Waals surface area contributed by atoms with E-state index in [1.165, 1.54) is 6.07 Å². The summed E-state index contributed by atoms with van der Waals surface area (Å²) in [5, 5.41) is 23.7. The molecule has 0 aromatic heterocycles. The summed E-state index contributed by atoms with van der Waals surface area (Å²) in [6.45, 7) is 2.75. The van der Waals surface area contributed by atoms with Crippen LogP contribution in [0.3, 0.4) is 0 Å². The predicted octanol–water partition coefficient (Wildman–Crippen LogP) is 5.26. The third-order valence-corrected chi connectivity index (χ3v) is 4.74. The lowest BCUT2D eigenvalue weighted by Gasteiger charge is -2.24. The Hall–Kier alpha value is -3.74. The molecule has 0 unspecified atom stereocenters. The van der Waals surface area contributed by atoms with Crippen LogP contribution in [-0.4, -0.2) is 28.8 Å². The fourth-order valence-corrected chi connectivity index (χ4v) is 3.23. The van der Waals surface area contributed by atoms with Crippen LogP contribution in [0.4, 0.5) is 11.4 Å². The Morgan fingerprint density at radius 3 is 2.55 bits per heavy atom. The molecule has 0 saturated carbocycles. The first kappa shape index (κ1) is 18.6. The fourth-order valence-electron chi connectivity index (χ4n) is 3.23. The molecule has 0 aliphatic carbocycles. The molecule has 1 aliphatic rings. The summed E-state index contributed by atoms with van der Waals surface area (Å²) in [5.41, 5.74) is 0.509. The molecule has 0 amide bonds. The van der Waals surface area contributed by atoms with Crippen LogP contribution in [0, 0.1) is 0 Å². The molecule has 1 heterocycles. The lowest BCUT2D eigenvalue weighted by Crippen LogP contribution is -2.11. The number of benzene rings is 3. The molecule has 4 rings (SSSR count). The second-order valence-corrected chi connectivity index (χ2v) is 6.79. The van der Waals surface area contributed by atoms with E-state index >= 15 is 0 Å². The van der Waals surface area contributed by atoms with Crippen molar-refractivity contribution in [2.45, 2.75) is 19.8 Å². The van der Waals surface area contributed by atoms with E-state index in [1.807, 2.05) is 30.3 Å². The number of hydrogen-bond acceptors (Lipinski definition) is 5. The van der Waals surface area contributed by atoms with Crippen molar-refractivity contribution in [3.8, 4) is 17.2 Å². The molecule has 0 spiro atoms. The minimum absolute atomic E-state index is 0.152. The van der Waals surface area contributed by atoms with Gasteiger partial charge in [0, 0.05) is 0 Å². The Morgan fingerprint density at radius 1 is 1.00 bits per heavy atom. The summed E-state index contributed by atoms with van der Waals surface area (Å²) in [5.74, 6) is -1.05. The number of anilines is 2. The first-order chi connectivity index (χ1) is 14.0. The first-order valence-electron chi connectivity index (χ1n) is 9.26. The van der Waals surface area contributed by atoms with E-state index in [4.69, 9.17) is 9.47 Å². The Balaban J connectivity index is 1.74. The molecule has 3 aromatic carbocycles. The van der Waals surface area contributed by atoms with E-state index in [0.29, 0.717) is 18.0 Å². The molecule has 0 radical (unpaired) electrons. The lowest BCUT2D eigenvalue weighted by atomic mass is 10.0. The highest BCUT2D eigenvalue weighted by atomic mass is 16.5. The summed E-state index contributed by atoms with van der Waals surface area (Å²) in [7, 11) is 0. The number of ether oxygens (including phenoxy) is 2. The minimum atomic E-state index is -1.24. The van der Waals surface area contributed by atoms with Gasteiger partial charge in [0.25, 0.3) is 0 Å². The smallest absolute Gasteiger partial charge is 0.337 e. The van der Waals surface area contributed by atoms with Crippen LogP contribution in [-0.2, 0) is 0 Å². The molecule has 29 heavy (non-hydrogen) atoms. The van der Waals surface area contributed by atoms with Crippen molar-refractivity contribution in [1.29, 1.82) is 0 Å². The topological polar surface area (TPSA) is 105 Å². The van der Waals surface area contributed by atoms with Crippen molar-refractivity contribution < 1.29 is 29.3 Å². The molecule has 7 nitrogen and oxygen atoms in total. The molecule has 3 aromatic rings. The number of carboxylic acid groups (broad SMARTS) is 2. The van der Waals surface area contributed by atoms with E-state index in [9.17, 15) is 19.8 Å². The van der Waals surface area contributed by atoms with Gasteiger partial charge in [-0.05, 0) is 53.6 Å². The molecular weight excluding hydrogens is 374 g/mol. The zero-order valence-electron chi connectivity index (χ0n) is 15.7. The summed E-state index contributed by atoms with van der Waals surface area (Å²) < 4.78 is 11.6. The number of nitrogens with one attached hydrogen (secondary N) is 1. The van der Waals surface area contributed by atoms with Gasteiger partial charge in [0.2, 0.25) is 0 Å². The number of unbranched alkanes of at least 4 members (excludes halogenated alkanes) is 1. The first-order valence-corrected chi connectivity index (χ1v) is 9.26. The Kier molecular flexibility index (Phi) is 4.72. The number of hydrogen-bond donors (Lipinski definition) is 3. The molecule has 0 atom stereocenters. The van der Waals surface area contributed by atoms with E-state index in [0.717, 1.165) is 35.4 Å². The van der Waals surface area contributed by atoms with E-state index < -0.39 is 11.9 Å². The van der Waals surface area contributed by atoms with Crippen molar-refractivity contribution in [1.82, 2.24) is 0 Å². The summed E-state index contributed by atoms with van der Waals surface area (Å²) in [6, 6.07) is 11.8. The van der Waals surface area contributed by atoms with E-state index in [2.05, 4.69) is 12.2 Å². The second-order valence-electron chi connectivity index (χ2n) is 6.79. The van der Waals surface area contributed by atoms with Gasteiger partial charge in [0.1, 0.15) is 5.75 Å². The van der Waals surface area contributed by atoms with Crippen LogP contribution in [0.15, 0.2) is 42.5 Å². The largest absolute Gasteiger partial charge is 0.494 e. The monoisotopic (exact) mass is 393 g/mol. The molecule has 148 valence electrons. The Morgan fingerprint density at radius 2 is 1.83 bits per heavy atom. The highest BCUT2D eigenvalue weighted by molar-refractivity contribution is 6.03. The maximum Gasteiger partial charge on any atom is 0.337 e. The Labute approximate surface area is 166 Å². The van der Waals surface area contributed by atoms with Crippen LogP contribution < -0.4 is 14.8 Å². The number of carbonyl (C=O) groups is 2. The maximum atomic E-state index is 11.6. The molecule has 7 heteroatoms.